The number of amides is 1. The first-order valence-electron chi connectivity index (χ1n) is 8.65. The van der Waals surface area contributed by atoms with Crippen molar-refractivity contribution >= 4 is 45.1 Å². The lowest BCUT2D eigenvalue weighted by atomic mass is 10.1. The number of rotatable bonds is 4. The van der Waals surface area contributed by atoms with Crippen LogP contribution in [-0.2, 0) is 0 Å². The normalized spacial score (nSPS) is 11.7. The Morgan fingerprint density at radius 2 is 1.89 bits per heavy atom. The Labute approximate surface area is 160 Å². The van der Waals surface area contributed by atoms with Crippen LogP contribution < -0.4 is 16.8 Å². The molecule has 4 aromatic rings. The summed E-state index contributed by atoms with van der Waals surface area (Å²) in [6, 6.07) is 15.2. The van der Waals surface area contributed by atoms with Crippen LogP contribution in [0.15, 0.2) is 64.9 Å². The quantitative estimate of drug-likeness (QED) is 0.214. The fourth-order valence-corrected chi connectivity index (χ4v) is 3.05. The zero-order valence-electron chi connectivity index (χ0n) is 15.2. The van der Waals surface area contributed by atoms with Gasteiger partial charge in [-0.3, -0.25) is 4.79 Å². The highest BCUT2D eigenvalue weighted by molar-refractivity contribution is 6.10. The fraction of sp³-hybridized carbons (Fsp3) is 0.0500. The van der Waals surface area contributed by atoms with E-state index in [0.29, 0.717) is 11.4 Å². The van der Waals surface area contributed by atoms with Gasteiger partial charge in [0, 0.05) is 28.0 Å². The lowest BCUT2D eigenvalue weighted by Gasteiger charge is -2.05. The molecule has 2 heterocycles. The van der Waals surface area contributed by atoms with E-state index >= 15 is 0 Å². The number of nitrogens with zero attached hydrogens (tertiary/aromatic N) is 2. The predicted molar refractivity (Wildman–Crippen MR) is 113 cm³/mol. The minimum atomic E-state index is -0.211. The predicted octanol–water partition coefficient (Wildman–Crippen LogP) is 2.90. The third-order valence-corrected chi connectivity index (χ3v) is 4.44. The van der Waals surface area contributed by atoms with Gasteiger partial charge in [0.05, 0.1) is 11.4 Å². The summed E-state index contributed by atoms with van der Waals surface area (Å²) >= 11 is 0. The first-order valence-corrected chi connectivity index (χ1v) is 8.65. The molecule has 2 aromatic carbocycles. The smallest absolute Gasteiger partial charge is 0.272 e. The van der Waals surface area contributed by atoms with E-state index in [9.17, 15) is 4.79 Å². The van der Waals surface area contributed by atoms with Crippen LogP contribution >= 0.6 is 0 Å². The number of anilines is 1. The van der Waals surface area contributed by atoms with Gasteiger partial charge in [0.15, 0.2) is 0 Å². The van der Waals surface area contributed by atoms with E-state index in [1.54, 1.807) is 6.07 Å². The summed E-state index contributed by atoms with van der Waals surface area (Å²) in [6.45, 7) is 1.81. The summed E-state index contributed by atoms with van der Waals surface area (Å²) in [4.78, 5) is 19.0. The van der Waals surface area contributed by atoms with Crippen LogP contribution in [0.5, 0.6) is 0 Å². The number of aromatic nitrogens is 2. The molecule has 0 fully saturated rings. The summed E-state index contributed by atoms with van der Waals surface area (Å²) < 4.78 is 0. The monoisotopic (exact) mass is 373 g/mol. The van der Waals surface area contributed by atoms with Gasteiger partial charge >= 0.3 is 0 Å². The Morgan fingerprint density at radius 1 is 1.04 bits per heavy atom. The lowest BCUT2D eigenvalue weighted by molar-refractivity contribution is 0.102. The van der Waals surface area contributed by atoms with E-state index in [1.807, 2.05) is 55.6 Å². The first kappa shape index (κ1) is 17.3. The van der Waals surface area contributed by atoms with Gasteiger partial charge in [-0.15, -0.1) is 5.10 Å². The molecule has 2 aromatic heterocycles. The van der Waals surface area contributed by atoms with E-state index in [2.05, 4.69) is 25.5 Å². The molecule has 1 amide bonds. The van der Waals surface area contributed by atoms with Gasteiger partial charge in [-0.1, -0.05) is 12.1 Å². The van der Waals surface area contributed by atoms with E-state index in [0.717, 1.165) is 33.1 Å². The molecule has 4 rings (SSSR count). The Morgan fingerprint density at radius 3 is 2.71 bits per heavy atom. The van der Waals surface area contributed by atoms with Gasteiger partial charge in [-0.05, 0) is 48.9 Å². The summed E-state index contributed by atoms with van der Waals surface area (Å²) in [5, 5.41) is 12.5. The van der Waals surface area contributed by atoms with Crippen molar-refractivity contribution < 1.29 is 4.79 Å². The summed E-state index contributed by atoms with van der Waals surface area (Å²) in [5.41, 5.74) is 15.2. The van der Waals surface area contributed by atoms with E-state index < -0.39 is 0 Å². The zero-order chi connectivity index (χ0) is 19.7. The van der Waals surface area contributed by atoms with E-state index in [-0.39, 0.29) is 11.9 Å². The van der Waals surface area contributed by atoms with Crippen LogP contribution in [0.2, 0.25) is 0 Å². The van der Waals surface area contributed by atoms with Gasteiger partial charge in [0.1, 0.15) is 5.69 Å². The van der Waals surface area contributed by atoms with Crippen LogP contribution in [0.1, 0.15) is 23.0 Å². The molecule has 0 aliphatic heterocycles. The second kappa shape index (κ2) is 6.92. The molecule has 0 bridgehead atoms. The molecule has 28 heavy (non-hydrogen) atoms. The molecule has 0 saturated carbocycles. The van der Waals surface area contributed by atoms with Gasteiger partial charge < -0.3 is 26.8 Å². The van der Waals surface area contributed by atoms with Crippen molar-refractivity contribution in [3.63, 3.8) is 0 Å². The van der Waals surface area contributed by atoms with Crippen LogP contribution in [0, 0.1) is 0 Å². The third-order valence-electron chi connectivity index (χ3n) is 4.44. The average molecular weight is 373 g/mol. The number of benzene rings is 2. The number of carbonyl (C=O) groups excluding carboxylic acids is 1. The number of nitrogens with one attached hydrogen (secondary N) is 3. The average Bonchev–Trinajstić information content (AvgIpc) is 3.32. The van der Waals surface area contributed by atoms with Gasteiger partial charge in [-0.25, -0.2) is 0 Å². The molecule has 0 saturated heterocycles. The molecule has 0 radical (unpaired) electrons. The van der Waals surface area contributed by atoms with Crippen molar-refractivity contribution in [3.05, 3.63) is 66.0 Å². The Bertz CT molecular complexity index is 1240. The van der Waals surface area contributed by atoms with E-state index in [1.165, 1.54) is 0 Å². The van der Waals surface area contributed by atoms with Gasteiger partial charge in [0.2, 0.25) is 5.96 Å². The number of aromatic amines is 2. The minimum Gasteiger partial charge on any atom is -0.369 e. The number of fused-ring (bicyclic) bond motifs is 2. The number of carbonyl (C=O) groups is 1. The summed E-state index contributed by atoms with van der Waals surface area (Å²) in [7, 11) is 0. The fourth-order valence-electron chi connectivity index (χ4n) is 3.05. The summed E-state index contributed by atoms with van der Waals surface area (Å²) in [6.07, 6.45) is 1.84. The van der Waals surface area contributed by atoms with Crippen LogP contribution in [0.3, 0.4) is 0 Å². The van der Waals surface area contributed by atoms with Crippen LogP contribution in [-0.4, -0.2) is 27.5 Å². The molecule has 0 aliphatic carbocycles. The standard InChI is InChI=1S/C20H19N7O/c1-11(26-27-20(21)22)12-5-6-15-13(9-12)10-18(24-15)19(28)25-17-4-2-3-16-14(17)7-8-23-16/h2-10,23-24H,1H3,(H,25,28)(H4,21,22,27)/b26-11-. The number of hydrogen-bond acceptors (Lipinski definition) is 3. The van der Waals surface area contributed by atoms with Gasteiger partial charge in [0.25, 0.3) is 5.91 Å². The minimum absolute atomic E-state index is 0.0986. The van der Waals surface area contributed by atoms with Crippen molar-refractivity contribution in [2.24, 2.45) is 21.7 Å². The second-order valence-electron chi connectivity index (χ2n) is 6.39. The Balaban J connectivity index is 1.62. The molecule has 8 nitrogen and oxygen atoms in total. The number of hydrogen-bond donors (Lipinski definition) is 5. The topological polar surface area (TPSA) is 137 Å². The van der Waals surface area contributed by atoms with Crippen molar-refractivity contribution in [1.29, 1.82) is 0 Å². The second-order valence-corrected chi connectivity index (χ2v) is 6.39. The highest BCUT2D eigenvalue weighted by atomic mass is 16.1. The molecule has 7 N–H and O–H groups in total. The molecular formula is C20H19N7O. The van der Waals surface area contributed by atoms with Crippen LogP contribution in [0.4, 0.5) is 5.69 Å². The molecule has 0 unspecified atom stereocenters. The van der Waals surface area contributed by atoms with Crippen molar-refractivity contribution in [3.8, 4) is 0 Å². The van der Waals surface area contributed by atoms with Crippen molar-refractivity contribution in [2.75, 3.05) is 5.32 Å². The lowest BCUT2D eigenvalue weighted by Crippen LogP contribution is -2.22. The van der Waals surface area contributed by atoms with E-state index in [4.69, 9.17) is 11.5 Å². The van der Waals surface area contributed by atoms with Crippen molar-refractivity contribution in [2.45, 2.75) is 6.92 Å². The van der Waals surface area contributed by atoms with Crippen molar-refractivity contribution in [1.82, 2.24) is 9.97 Å². The largest absolute Gasteiger partial charge is 0.369 e. The number of H-pyrrole nitrogens is 2. The van der Waals surface area contributed by atoms with Crippen LogP contribution in [0.25, 0.3) is 21.8 Å². The maximum atomic E-state index is 12.7. The molecule has 140 valence electrons. The Kier molecular flexibility index (Phi) is 4.29. The first-order chi connectivity index (χ1) is 13.5. The molecule has 8 heteroatoms. The highest BCUT2D eigenvalue weighted by Crippen LogP contribution is 2.24. The number of guanidine groups is 1. The maximum absolute atomic E-state index is 12.7. The summed E-state index contributed by atoms with van der Waals surface area (Å²) in [5.74, 6) is -0.309. The SMILES string of the molecule is C/C(=N/N=C(N)N)c1ccc2[nH]c(C(=O)Nc3cccc4[nH]ccc34)cc2c1. The zero-order valence-corrected chi connectivity index (χ0v) is 15.2. The molecular weight excluding hydrogens is 354 g/mol. The van der Waals surface area contributed by atoms with Gasteiger partial charge in [-0.2, -0.15) is 5.10 Å². The number of nitrogens with two attached hydrogens (primary N) is 2. The molecule has 0 spiro atoms. The highest BCUT2D eigenvalue weighted by Gasteiger charge is 2.12. The molecule has 0 atom stereocenters. The third kappa shape index (κ3) is 3.30. The maximum Gasteiger partial charge on any atom is 0.272 e. The Hall–Kier alpha value is -4.07. The molecule has 0 aliphatic rings.